The molecule has 29 heavy (non-hydrogen) atoms. The van der Waals surface area contributed by atoms with Gasteiger partial charge in [0, 0.05) is 49.0 Å². The van der Waals surface area contributed by atoms with Gasteiger partial charge in [0.25, 0.3) is 0 Å². The number of aryl methyl sites for hydroxylation is 2. The molecule has 2 aromatic heterocycles. The number of aromatic nitrogens is 3. The minimum atomic E-state index is -0.216. The van der Waals surface area contributed by atoms with E-state index in [0.29, 0.717) is 6.54 Å². The predicted molar refractivity (Wildman–Crippen MR) is 117 cm³/mol. The summed E-state index contributed by atoms with van der Waals surface area (Å²) in [7, 11) is 1.98. The first-order valence-corrected chi connectivity index (χ1v) is 10.2. The second kappa shape index (κ2) is 9.11. The van der Waals surface area contributed by atoms with Crippen LogP contribution in [-0.2, 0) is 19.9 Å². The highest BCUT2D eigenvalue weighted by atomic mass is 19.1. The van der Waals surface area contributed by atoms with Crippen molar-refractivity contribution in [2.45, 2.75) is 46.6 Å². The summed E-state index contributed by atoms with van der Waals surface area (Å²) in [6.07, 6.45) is 3.57. The number of benzene rings is 1. The van der Waals surface area contributed by atoms with Crippen molar-refractivity contribution in [2.24, 2.45) is 12.0 Å². The Bertz CT molecular complexity index is 1000. The molecule has 156 valence electrons. The molecule has 0 amide bonds. The largest absolute Gasteiger partial charge is 0.361 e. The van der Waals surface area contributed by atoms with Gasteiger partial charge in [-0.3, -0.25) is 9.67 Å². The van der Waals surface area contributed by atoms with Crippen molar-refractivity contribution in [3.8, 4) is 0 Å². The number of fused-ring (bicyclic) bond motifs is 1. The van der Waals surface area contributed by atoms with E-state index in [4.69, 9.17) is 4.99 Å². The zero-order chi connectivity index (χ0) is 21.0. The summed E-state index contributed by atoms with van der Waals surface area (Å²) in [4.78, 5) is 7.91. The Morgan fingerprint density at radius 3 is 2.83 bits per heavy atom. The minimum absolute atomic E-state index is 0.216. The van der Waals surface area contributed by atoms with E-state index in [9.17, 15) is 4.39 Å². The molecule has 1 aromatic carbocycles. The fourth-order valence-electron chi connectivity index (χ4n) is 3.67. The van der Waals surface area contributed by atoms with Gasteiger partial charge in [-0.1, -0.05) is 0 Å². The number of halogens is 1. The van der Waals surface area contributed by atoms with Crippen molar-refractivity contribution in [1.29, 1.82) is 0 Å². The Morgan fingerprint density at radius 1 is 1.34 bits per heavy atom. The Balaban J connectivity index is 1.63. The summed E-state index contributed by atoms with van der Waals surface area (Å²) >= 11 is 0. The van der Waals surface area contributed by atoms with Gasteiger partial charge in [0.05, 0.1) is 5.69 Å². The van der Waals surface area contributed by atoms with E-state index in [1.807, 2.05) is 17.9 Å². The van der Waals surface area contributed by atoms with Crippen LogP contribution in [0.15, 0.2) is 29.4 Å². The zero-order valence-corrected chi connectivity index (χ0v) is 17.9. The summed E-state index contributed by atoms with van der Waals surface area (Å²) in [5.74, 6) is 0.580. The molecule has 2 heterocycles. The number of aliphatic imine (C=N–C) groups is 1. The Morgan fingerprint density at radius 2 is 2.14 bits per heavy atom. The topological polar surface area (TPSA) is 70.0 Å². The van der Waals surface area contributed by atoms with Gasteiger partial charge in [0.2, 0.25) is 0 Å². The third kappa shape index (κ3) is 4.96. The van der Waals surface area contributed by atoms with Crippen LogP contribution in [0.4, 0.5) is 4.39 Å². The quantitative estimate of drug-likeness (QED) is 0.422. The summed E-state index contributed by atoms with van der Waals surface area (Å²) in [6, 6.07) is 5.04. The van der Waals surface area contributed by atoms with Crippen molar-refractivity contribution in [3.05, 3.63) is 52.7 Å². The van der Waals surface area contributed by atoms with Gasteiger partial charge in [-0.25, -0.2) is 4.39 Å². The smallest absolute Gasteiger partial charge is 0.191 e. The maximum absolute atomic E-state index is 13.6. The highest BCUT2D eigenvalue weighted by molar-refractivity contribution is 5.83. The molecule has 0 saturated heterocycles. The van der Waals surface area contributed by atoms with E-state index in [-0.39, 0.29) is 11.9 Å². The monoisotopic (exact) mass is 398 g/mol. The number of rotatable bonds is 7. The van der Waals surface area contributed by atoms with Gasteiger partial charge in [-0.2, -0.15) is 5.10 Å². The summed E-state index contributed by atoms with van der Waals surface area (Å²) in [5.41, 5.74) is 5.58. The second-order valence-electron chi connectivity index (χ2n) is 7.54. The lowest BCUT2D eigenvalue weighted by molar-refractivity contribution is 0.629. The van der Waals surface area contributed by atoms with Crippen molar-refractivity contribution < 1.29 is 4.39 Å². The van der Waals surface area contributed by atoms with Gasteiger partial charge >= 0.3 is 0 Å². The van der Waals surface area contributed by atoms with Crippen LogP contribution in [-0.4, -0.2) is 39.9 Å². The van der Waals surface area contributed by atoms with Crippen LogP contribution in [0.25, 0.3) is 10.9 Å². The number of hydrogen-bond donors (Lipinski definition) is 3. The normalized spacial score (nSPS) is 13.1. The van der Waals surface area contributed by atoms with Crippen LogP contribution in [0.3, 0.4) is 0 Å². The second-order valence-corrected chi connectivity index (χ2v) is 7.54. The van der Waals surface area contributed by atoms with Crippen molar-refractivity contribution in [3.63, 3.8) is 0 Å². The van der Waals surface area contributed by atoms with E-state index in [2.05, 4.69) is 48.4 Å². The molecular weight excluding hydrogens is 367 g/mol. The molecule has 3 rings (SSSR count). The Hall–Kier alpha value is -2.83. The van der Waals surface area contributed by atoms with Crippen LogP contribution < -0.4 is 10.6 Å². The lowest BCUT2D eigenvalue weighted by atomic mass is 10.1. The van der Waals surface area contributed by atoms with Gasteiger partial charge in [0.15, 0.2) is 5.96 Å². The molecule has 7 heteroatoms. The lowest BCUT2D eigenvalue weighted by Crippen LogP contribution is -2.43. The van der Waals surface area contributed by atoms with Crippen molar-refractivity contribution >= 4 is 16.9 Å². The molecule has 0 saturated carbocycles. The highest BCUT2D eigenvalue weighted by Gasteiger charge is 2.14. The third-order valence-corrected chi connectivity index (χ3v) is 5.28. The molecule has 0 fully saturated rings. The highest BCUT2D eigenvalue weighted by Crippen LogP contribution is 2.20. The first-order valence-electron chi connectivity index (χ1n) is 10.2. The first-order chi connectivity index (χ1) is 13.9. The van der Waals surface area contributed by atoms with Crippen LogP contribution in [0.2, 0.25) is 0 Å². The molecule has 3 aromatic rings. The maximum atomic E-state index is 13.6. The lowest BCUT2D eigenvalue weighted by Gasteiger charge is -2.18. The fourth-order valence-corrected chi connectivity index (χ4v) is 3.67. The first kappa shape index (κ1) is 20.9. The molecule has 0 spiro atoms. The standard InChI is InChI=1S/C22H31FN6/c1-6-24-22(27-14(2)11-19-15(3)28-29(5)16(19)4)25-10-9-17-13-26-21-8-7-18(23)12-20(17)21/h7-8,12-14,26H,6,9-11H2,1-5H3,(H2,24,25,27). The van der Waals surface area contributed by atoms with E-state index in [1.54, 1.807) is 12.1 Å². The molecule has 3 N–H and O–H groups in total. The summed E-state index contributed by atoms with van der Waals surface area (Å²) in [6.45, 7) is 9.78. The molecule has 0 aliphatic rings. The zero-order valence-electron chi connectivity index (χ0n) is 17.9. The molecule has 1 unspecified atom stereocenters. The number of aromatic amines is 1. The van der Waals surface area contributed by atoms with E-state index in [1.165, 1.54) is 17.3 Å². The minimum Gasteiger partial charge on any atom is -0.361 e. The number of nitrogens with one attached hydrogen (secondary N) is 3. The van der Waals surface area contributed by atoms with Crippen molar-refractivity contribution in [2.75, 3.05) is 13.1 Å². The Labute approximate surface area is 171 Å². The van der Waals surface area contributed by atoms with Crippen LogP contribution in [0, 0.1) is 19.7 Å². The van der Waals surface area contributed by atoms with Crippen LogP contribution >= 0.6 is 0 Å². The molecule has 0 radical (unpaired) electrons. The van der Waals surface area contributed by atoms with Gasteiger partial charge in [-0.15, -0.1) is 0 Å². The SMILES string of the molecule is CCNC(=NCCc1c[nH]c2ccc(F)cc12)NC(C)Cc1c(C)nn(C)c1C. The average molecular weight is 399 g/mol. The molecule has 0 aliphatic heterocycles. The number of guanidine groups is 1. The fraction of sp³-hybridized carbons (Fsp3) is 0.455. The van der Waals surface area contributed by atoms with Crippen LogP contribution in [0.5, 0.6) is 0 Å². The van der Waals surface area contributed by atoms with Crippen molar-refractivity contribution in [1.82, 2.24) is 25.4 Å². The van der Waals surface area contributed by atoms with E-state index in [0.717, 1.165) is 47.5 Å². The molecule has 0 aliphatic carbocycles. The molecular formula is C22H31FN6. The molecule has 6 nitrogen and oxygen atoms in total. The maximum Gasteiger partial charge on any atom is 0.191 e. The van der Waals surface area contributed by atoms with E-state index >= 15 is 0 Å². The van der Waals surface area contributed by atoms with Gasteiger partial charge < -0.3 is 15.6 Å². The number of hydrogen-bond acceptors (Lipinski definition) is 2. The predicted octanol–water partition coefficient (Wildman–Crippen LogP) is 3.39. The summed E-state index contributed by atoms with van der Waals surface area (Å²) < 4.78 is 15.5. The van der Waals surface area contributed by atoms with E-state index < -0.39 is 0 Å². The number of nitrogens with zero attached hydrogens (tertiary/aromatic N) is 3. The van der Waals surface area contributed by atoms with Gasteiger partial charge in [-0.05, 0) is 69.9 Å². The summed E-state index contributed by atoms with van der Waals surface area (Å²) in [5, 5.41) is 12.2. The molecule has 1 atom stereocenters. The average Bonchev–Trinajstić information content (AvgIpc) is 3.17. The van der Waals surface area contributed by atoms with Gasteiger partial charge in [0.1, 0.15) is 5.82 Å². The Kier molecular flexibility index (Phi) is 6.56. The third-order valence-electron chi connectivity index (χ3n) is 5.28. The van der Waals surface area contributed by atoms with Crippen LogP contribution in [0.1, 0.15) is 36.4 Å². The number of H-pyrrole nitrogens is 1. The molecule has 0 bridgehead atoms.